The van der Waals surface area contributed by atoms with Gasteiger partial charge in [-0.3, -0.25) is 4.55 Å². The van der Waals surface area contributed by atoms with Crippen LogP contribution in [-0.2, 0) is 14.9 Å². The van der Waals surface area contributed by atoms with Crippen LogP contribution in [0.3, 0.4) is 0 Å². The first-order chi connectivity index (χ1) is 9.99. The molecule has 0 fully saturated rings. The maximum absolute atomic E-state index is 10.8. The molecule has 0 rings (SSSR count). The fourth-order valence-corrected chi connectivity index (χ4v) is 2.88. The van der Waals surface area contributed by atoms with E-state index >= 15 is 0 Å². The lowest BCUT2D eigenvalue weighted by Crippen LogP contribution is -2.19. The minimum atomic E-state index is -3.88. The normalized spacial score (nSPS) is 13.5. The van der Waals surface area contributed by atoms with Gasteiger partial charge in [0.15, 0.2) is 0 Å². The standard InChI is InChI=1S/C16H34O4S/c1-3-5-7-8-9-10-11-12-16(20-14-6-4-2)13-15-21(17,18)19/h16H,3-15H2,1-2H3,(H,17,18,19). The van der Waals surface area contributed by atoms with Gasteiger partial charge < -0.3 is 4.74 Å². The first kappa shape index (κ1) is 20.9. The molecule has 0 saturated heterocycles. The van der Waals surface area contributed by atoms with Crippen molar-refractivity contribution in [1.29, 1.82) is 0 Å². The molecule has 0 aliphatic carbocycles. The molecule has 128 valence electrons. The summed E-state index contributed by atoms with van der Waals surface area (Å²) in [7, 11) is -3.88. The van der Waals surface area contributed by atoms with Crippen molar-refractivity contribution in [1.82, 2.24) is 0 Å². The molecular formula is C16H34O4S. The van der Waals surface area contributed by atoms with Gasteiger partial charge in [0.05, 0.1) is 11.9 Å². The summed E-state index contributed by atoms with van der Waals surface area (Å²) in [5.74, 6) is -0.194. The fraction of sp³-hybridized carbons (Fsp3) is 1.00. The van der Waals surface area contributed by atoms with Crippen molar-refractivity contribution >= 4 is 10.1 Å². The van der Waals surface area contributed by atoms with Crippen LogP contribution in [-0.4, -0.2) is 31.4 Å². The van der Waals surface area contributed by atoms with Gasteiger partial charge in [0.1, 0.15) is 0 Å². The second kappa shape index (κ2) is 13.5. The van der Waals surface area contributed by atoms with Crippen molar-refractivity contribution < 1.29 is 17.7 Å². The third kappa shape index (κ3) is 16.1. The second-order valence-electron chi connectivity index (χ2n) is 5.83. The van der Waals surface area contributed by atoms with Crippen molar-refractivity contribution in [3.8, 4) is 0 Å². The van der Waals surface area contributed by atoms with Gasteiger partial charge in [-0.1, -0.05) is 65.2 Å². The summed E-state index contributed by atoms with van der Waals surface area (Å²) in [4.78, 5) is 0. The molecule has 0 radical (unpaired) electrons. The lowest BCUT2D eigenvalue weighted by Gasteiger charge is -2.17. The van der Waals surface area contributed by atoms with Gasteiger partial charge in [-0.25, -0.2) is 0 Å². The van der Waals surface area contributed by atoms with E-state index in [9.17, 15) is 8.42 Å². The summed E-state index contributed by atoms with van der Waals surface area (Å²) in [6.45, 7) is 5.00. The SMILES string of the molecule is CCCCCCCCCC(CCS(=O)(=O)O)OCCCC. The third-order valence-corrected chi connectivity index (χ3v) is 4.43. The molecule has 0 saturated carbocycles. The highest BCUT2D eigenvalue weighted by atomic mass is 32.2. The Hall–Kier alpha value is -0.130. The van der Waals surface area contributed by atoms with Gasteiger partial charge in [-0.05, 0) is 19.3 Å². The van der Waals surface area contributed by atoms with E-state index in [4.69, 9.17) is 9.29 Å². The number of hydrogen-bond acceptors (Lipinski definition) is 3. The highest BCUT2D eigenvalue weighted by Crippen LogP contribution is 2.14. The van der Waals surface area contributed by atoms with Crippen molar-refractivity contribution in [2.24, 2.45) is 0 Å². The van der Waals surface area contributed by atoms with E-state index in [-0.39, 0.29) is 11.9 Å². The Kier molecular flexibility index (Phi) is 13.4. The van der Waals surface area contributed by atoms with E-state index < -0.39 is 10.1 Å². The van der Waals surface area contributed by atoms with E-state index in [2.05, 4.69) is 13.8 Å². The molecule has 1 unspecified atom stereocenters. The first-order valence-electron chi connectivity index (χ1n) is 8.56. The van der Waals surface area contributed by atoms with E-state index in [1.54, 1.807) is 0 Å². The molecule has 0 amide bonds. The van der Waals surface area contributed by atoms with Gasteiger partial charge in [0.25, 0.3) is 10.1 Å². The van der Waals surface area contributed by atoms with Crippen LogP contribution >= 0.6 is 0 Å². The van der Waals surface area contributed by atoms with Gasteiger partial charge in [0.2, 0.25) is 0 Å². The molecule has 1 N–H and O–H groups in total. The van der Waals surface area contributed by atoms with Crippen molar-refractivity contribution in [3.05, 3.63) is 0 Å². The smallest absolute Gasteiger partial charge is 0.264 e. The van der Waals surface area contributed by atoms with E-state index in [1.165, 1.54) is 38.5 Å². The zero-order chi connectivity index (χ0) is 16.0. The van der Waals surface area contributed by atoms with Gasteiger partial charge in [0, 0.05) is 6.61 Å². The molecule has 0 aliphatic heterocycles. The van der Waals surface area contributed by atoms with Crippen LogP contribution in [0.5, 0.6) is 0 Å². The van der Waals surface area contributed by atoms with Crippen molar-refractivity contribution in [2.45, 2.75) is 90.6 Å². The predicted molar refractivity (Wildman–Crippen MR) is 88.3 cm³/mol. The molecule has 4 nitrogen and oxygen atoms in total. The number of rotatable bonds is 15. The zero-order valence-corrected chi connectivity index (χ0v) is 14.7. The maximum Gasteiger partial charge on any atom is 0.264 e. The van der Waals surface area contributed by atoms with Crippen LogP contribution in [0.25, 0.3) is 0 Å². The molecular weight excluding hydrogens is 288 g/mol. The Balaban J connectivity index is 3.81. The lowest BCUT2D eigenvalue weighted by atomic mass is 10.1. The Morgan fingerprint density at radius 3 is 2.00 bits per heavy atom. The molecule has 0 spiro atoms. The van der Waals surface area contributed by atoms with Crippen molar-refractivity contribution in [3.63, 3.8) is 0 Å². The Labute approximate surface area is 131 Å². The van der Waals surface area contributed by atoms with Crippen molar-refractivity contribution in [2.75, 3.05) is 12.4 Å². The van der Waals surface area contributed by atoms with Gasteiger partial charge in [-0.2, -0.15) is 8.42 Å². The second-order valence-corrected chi connectivity index (χ2v) is 7.40. The largest absolute Gasteiger partial charge is 0.378 e. The van der Waals surface area contributed by atoms with E-state index in [0.29, 0.717) is 13.0 Å². The lowest BCUT2D eigenvalue weighted by molar-refractivity contribution is 0.0416. The minimum Gasteiger partial charge on any atom is -0.378 e. The topological polar surface area (TPSA) is 63.6 Å². The van der Waals surface area contributed by atoms with Crippen LogP contribution in [0.1, 0.15) is 84.5 Å². The maximum atomic E-state index is 10.8. The monoisotopic (exact) mass is 322 g/mol. The van der Waals surface area contributed by atoms with E-state index in [0.717, 1.165) is 25.7 Å². The summed E-state index contributed by atoms with van der Waals surface area (Å²) in [5.41, 5.74) is 0. The molecule has 0 bridgehead atoms. The third-order valence-electron chi connectivity index (χ3n) is 3.68. The summed E-state index contributed by atoms with van der Waals surface area (Å²) < 4.78 is 36.3. The summed E-state index contributed by atoms with van der Waals surface area (Å²) in [5, 5.41) is 0. The molecule has 0 aliphatic rings. The molecule has 1 atom stereocenters. The summed E-state index contributed by atoms with van der Waals surface area (Å²) in [6, 6.07) is 0. The Bertz CT molecular complexity index is 314. The van der Waals surface area contributed by atoms with E-state index in [1.807, 2.05) is 0 Å². The molecule has 5 heteroatoms. The first-order valence-corrected chi connectivity index (χ1v) is 10.2. The van der Waals surface area contributed by atoms with Gasteiger partial charge in [-0.15, -0.1) is 0 Å². The molecule has 0 aromatic heterocycles. The molecule has 21 heavy (non-hydrogen) atoms. The average Bonchev–Trinajstić information content (AvgIpc) is 2.42. The average molecular weight is 323 g/mol. The highest BCUT2D eigenvalue weighted by molar-refractivity contribution is 7.85. The molecule has 0 aromatic rings. The minimum absolute atomic E-state index is 0.0332. The Morgan fingerprint density at radius 1 is 0.857 bits per heavy atom. The number of unbranched alkanes of at least 4 members (excludes halogenated alkanes) is 7. The summed E-state index contributed by atoms with van der Waals surface area (Å²) >= 11 is 0. The predicted octanol–water partition coefficient (Wildman–Crippen LogP) is 4.59. The number of hydrogen-bond donors (Lipinski definition) is 1. The van der Waals surface area contributed by atoms with Crippen LogP contribution in [0.15, 0.2) is 0 Å². The van der Waals surface area contributed by atoms with Crippen LogP contribution in [0.2, 0.25) is 0 Å². The number of ether oxygens (including phenoxy) is 1. The molecule has 0 heterocycles. The quantitative estimate of drug-likeness (QED) is 0.354. The van der Waals surface area contributed by atoms with Gasteiger partial charge >= 0.3 is 0 Å². The Morgan fingerprint density at radius 2 is 1.43 bits per heavy atom. The molecule has 0 aromatic carbocycles. The van der Waals surface area contributed by atoms with Crippen LogP contribution in [0.4, 0.5) is 0 Å². The van der Waals surface area contributed by atoms with Crippen LogP contribution < -0.4 is 0 Å². The highest BCUT2D eigenvalue weighted by Gasteiger charge is 2.13. The fourth-order valence-electron chi connectivity index (χ4n) is 2.31. The van der Waals surface area contributed by atoms with Crippen LogP contribution in [0, 0.1) is 0 Å². The summed E-state index contributed by atoms with van der Waals surface area (Å²) in [6.07, 6.45) is 12.0. The zero-order valence-electron chi connectivity index (χ0n) is 13.8.